The number of hydrogen-bond donors (Lipinski definition) is 0. The molecule has 4 rings (SSSR count). The van der Waals surface area contributed by atoms with Gasteiger partial charge in [0.25, 0.3) is 0 Å². The van der Waals surface area contributed by atoms with Gasteiger partial charge >= 0.3 is 5.97 Å². The molecule has 0 bridgehead atoms. The summed E-state index contributed by atoms with van der Waals surface area (Å²) in [5.41, 5.74) is 2.75. The van der Waals surface area contributed by atoms with E-state index in [0.717, 1.165) is 17.7 Å². The molecule has 0 N–H and O–H groups in total. The van der Waals surface area contributed by atoms with E-state index in [1.54, 1.807) is 18.2 Å². The first-order chi connectivity index (χ1) is 16.3. The van der Waals surface area contributed by atoms with Gasteiger partial charge in [0.05, 0.1) is 17.2 Å². The highest BCUT2D eigenvalue weighted by Crippen LogP contribution is 2.31. The minimum Gasteiger partial charge on any atom is -0.490 e. The molecule has 0 atom stereocenters. The number of benzene rings is 3. The molecule has 1 aliphatic heterocycles. The first-order valence-corrected chi connectivity index (χ1v) is 10.8. The second-order valence-corrected chi connectivity index (χ2v) is 7.90. The normalized spacial score (nSPS) is 14.2. The van der Waals surface area contributed by atoms with Crippen molar-refractivity contribution in [2.75, 3.05) is 6.61 Å². The van der Waals surface area contributed by atoms with Gasteiger partial charge in [-0.05, 0) is 55.3 Å². The molecular formula is C26H20ClF2NO4. The Morgan fingerprint density at radius 3 is 2.47 bits per heavy atom. The van der Waals surface area contributed by atoms with Crippen molar-refractivity contribution >= 4 is 29.5 Å². The third-order valence-corrected chi connectivity index (χ3v) is 5.26. The van der Waals surface area contributed by atoms with E-state index in [-0.39, 0.29) is 22.2 Å². The van der Waals surface area contributed by atoms with Crippen molar-refractivity contribution < 1.29 is 27.8 Å². The van der Waals surface area contributed by atoms with E-state index in [0.29, 0.717) is 30.3 Å². The second kappa shape index (κ2) is 10.1. The molecule has 8 heteroatoms. The monoisotopic (exact) mass is 483 g/mol. The third-order valence-electron chi connectivity index (χ3n) is 4.95. The number of aryl methyl sites for hydroxylation is 1. The van der Waals surface area contributed by atoms with E-state index in [9.17, 15) is 13.6 Å². The van der Waals surface area contributed by atoms with Gasteiger partial charge in [0, 0.05) is 0 Å². The molecular weight excluding hydrogens is 464 g/mol. The lowest BCUT2D eigenvalue weighted by Crippen LogP contribution is -2.07. The summed E-state index contributed by atoms with van der Waals surface area (Å²) in [5, 5.41) is -0.125. The topological polar surface area (TPSA) is 57.1 Å². The predicted molar refractivity (Wildman–Crippen MR) is 125 cm³/mol. The van der Waals surface area contributed by atoms with E-state index >= 15 is 0 Å². The largest absolute Gasteiger partial charge is 0.490 e. The smallest absolute Gasteiger partial charge is 0.363 e. The van der Waals surface area contributed by atoms with Crippen LogP contribution >= 0.6 is 11.6 Å². The zero-order valence-electron chi connectivity index (χ0n) is 18.4. The maximum absolute atomic E-state index is 13.6. The van der Waals surface area contributed by atoms with Crippen LogP contribution in [0.5, 0.6) is 11.5 Å². The molecule has 0 saturated carbocycles. The maximum Gasteiger partial charge on any atom is 0.363 e. The SMILES string of the molecule is CCOc1cc(/C=C2\N=C(c3cc(F)c(F)cc3Cl)OC2=O)ccc1OCc1ccc(C)cc1. The minimum atomic E-state index is -1.13. The van der Waals surface area contributed by atoms with Crippen LogP contribution in [0.2, 0.25) is 5.02 Å². The molecule has 0 unspecified atom stereocenters. The molecule has 0 aliphatic carbocycles. The van der Waals surface area contributed by atoms with Gasteiger partial charge < -0.3 is 14.2 Å². The standard InChI is InChI=1S/C26H20ClF2NO4/c1-3-32-24-11-17(8-9-23(24)33-14-16-6-4-15(2)5-7-16)10-22-26(31)34-25(30-22)18-12-20(28)21(29)13-19(18)27/h4-13H,3,14H2,1-2H3/b22-10-. The number of nitrogens with zero attached hydrogens (tertiary/aromatic N) is 1. The van der Waals surface area contributed by atoms with Crippen LogP contribution in [0, 0.1) is 18.6 Å². The lowest BCUT2D eigenvalue weighted by Gasteiger charge is -2.13. The first-order valence-electron chi connectivity index (χ1n) is 10.5. The number of carbonyl (C=O) groups excluding carboxylic acids is 1. The van der Waals surface area contributed by atoms with Gasteiger partial charge in [0.2, 0.25) is 5.90 Å². The van der Waals surface area contributed by atoms with Gasteiger partial charge in [-0.15, -0.1) is 0 Å². The molecule has 1 heterocycles. The Morgan fingerprint density at radius 2 is 1.74 bits per heavy atom. The van der Waals surface area contributed by atoms with Crippen molar-refractivity contribution in [2.24, 2.45) is 4.99 Å². The number of rotatable bonds is 7. The van der Waals surface area contributed by atoms with Crippen molar-refractivity contribution in [3.05, 3.63) is 99.2 Å². The van der Waals surface area contributed by atoms with Crippen LogP contribution < -0.4 is 9.47 Å². The lowest BCUT2D eigenvalue weighted by atomic mass is 10.1. The average molecular weight is 484 g/mol. The Bertz CT molecular complexity index is 1300. The van der Waals surface area contributed by atoms with Gasteiger partial charge in [0.1, 0.15) is 6.61 Å². The Kier molecular flexibility index (Phi) is 6.93. The number of esters is 1. The molecule has 3 aromatic carbocycles. The molecule has 0 radical (unpaired) electrons. The van der Waals surface area contributed by atoms with Crippen LogP contribution in [0.15, 0.2) is 65.3 Å². The Hall–Kier alpha value is -3.71. The van der Waals surface area contributed by atoms with Gasteiger partial charge in [-0.25, -0.2) is 18.6 Å². The summed E-state index contributed by atoms with van der Waals surface area (Å²) in [6, 6.07) is 14.8. The van der Waals surface area contributed by atoms with Crippen LogP contribution in [-0.4, -0.2) is 18.5 Å². The zero-order valence-corrected chi connectivity index (χ0v) is 19.2. The fourth-order valence-corrected chi connectivity index (χ4v) is 3.45. The Labute approximate surface area is 200 Å². The molecule has 0 saturated heterocycles. The second-order valence-electron chi connectivity index (χ2n) is 7.50. The summed E-state index contributed by atoms with van der Waals surface area (Å²) < 4.78 is 43.7. The first kappa shape index (κ1) is 23.4. The fourth-order valence-electron chi connectivity index (χ4n) is 3.22. The summed E-state index contributed by atoms with van der Waals surface area (Å²) in [6.45, 7) is 4.66. The predicted octanol–water partition coefficient (Wildman–Crippen LogP) is 6.25. The molecule has 1 aliphatic rings. The van der Waals surface area contributed by atoms with E-state index in [1.165, 1.54) is 11.6 Å². The highest BCUT2D eigenvalue weighted by atomic mass is 35.5. The van der Waals surface area contributed by atoms with Crippen molar-refractivity contribution in [2.45, 2.75) is 20.5 Å². The summed E-state index contributed by atoms with van der Waals surface area (Å²) in [4.78, 5) is 16.4. The van der Waals surface area contributed by atoms with Gasteiger partial charge in [-0.3, -0.25) is 0 Å². The van der Waals surface area contributed by atoms with Crippen LogP contribution in [-0.2, 0) is 16.1 Å². The number of aliphatic imine (C=N–C) groups is 1. The van der Waals surface area contributed by atoms with E-state index in [4.69, 9.17) is 25.8 Å². The van der Waals surface area contributed by atoms with Crippen LogP contribution in [0.3, 0.4) is 0 Å². The van der Waals surface area contributed by atoms with Gasteiger partial charge in [-0.2, -0.15) is 0 Å². The number of halogens is 3. The van der Waals surface area contributed by atoms with E-state index in [2.05, 4.69) is 4.99 Å². The number of carbonyl (C=O) groups is 1. The molecule has 0 amide bonds. The third kappa shape index (κ3) is 5.26. The molecule has 34 heavy (non-hydrogen) atoms. The van der Waals surface area contributed by atoms with E-state index < -0.39 is 17.6 Å². The van der Waals surface area contributed by atoms with Crippen molar-refractivity contribution in [3.63, 3.8) is 0 Å². The quantitative estimate of drug-likeness (QED) is 0.226. The number of hydrogen-bond acceptors (Lipinski definition) is 5. The Morgan fingerprint density at radius 1 is 1.00 bits per heavy atom. The number of ether oxygens (including phenoxy) is 3. The molecule has 3 aromatic rings. The van der Waals surface area contributed by atoms with Crippen LogP contribution in [0.1, 0.15) is 29.2 Å². The molecule has 0 fully saturated rings. The van der Waals surface area contributed by atoms with Gasteiger partial charge in [0.15, 0.2) is 28.8 Å². The van der Waals surface area contributed by atoms with Gasteiger partial charge in [-0.1, -0.05) is 47.5 Å². The van der Waals surface area contributed by atoms with Crippen LogP contribution in [0.4, 0.5) is 8.78 Å². The average Bonchev–Trinajstić information content (AvgIpc) is 3.17. The minimum absolute atomic E-state index is 0.0211. The lowest BCUT2D eigenvalue weighted by molar-refractivity contribution is -0.129. The zero-order chi connectivity index (χ0) is 24.2. The maximum atomic E-state index is 13.6. The molecule has 5 nitrogen and oxygen atoms in total. The summed E-state index contributed by atoms with van der Waals surface area (Å²) in [6.07, 6.45) is 1.50. The molecule has 174 valence electrons. The molecule has 0 spiro atoms. The summed E-state index contributed by atoms with van der Waals surface area (Å²) in [5.74, 6) is -2.13. The summed E-state index contributed by atoms with van der Waals surface area (Å²) >= 11 is 5.96. The van der Waals surface area contributed by atoms with Crippen LogP contribution in [0.25, 0.3) is 6.08 Å². The fraction of sp³-hybridized carbons (Fsp3) is 0.154. The van der Waals surface area contributed by atoms with Crippen molar-refractivity contribution in [1.29, 1.82) is 0 Å². The molecule has 0 aromatic heterocycles. The number of cyclic esters (lactones) is 1. The van der Waals surface area contributed by atoms with E-state index in [1.807, 2.05) is 38.1 Å². The van der Waals surface area contributed by atoms with Crippen molar-refractivity contribution in [1.82, 2.24) is 0 Å². The summed E-state index contributed by atoms with van der Waals surface area (Å²) in [7, 11) is 0. The highest BCUT2D eigenvalue weighted by molar-refractivity contribution is 6.34. The highest BCUT2D eigenvalue weighted by Gasteiger charge is 2.27. The Balaban J connectivity index is 1.58. The van der Waals surface area contributed by atoms with Crippen molar-refractivity contribution in [3.8, 4) is 11.5 Å².